The second-order valence-corrected chi connectivity index (χ2v) is 12.3. The van der Waals surface area contributed by atoms with E-state index < -0.39 is 53.4 Å². The zero-order valence-corrected chi connectivity index (χ0v) is 21.9. The number of nitrogens with zero attached hydrogens (tertiary/aromatic N) is 2. The summed E-state index contributed by atoms with van der Waals surface area (Å²) in [7, 11) is 0. The van der Waals surface area contributed by atoms with Gasteiger partial charge in [-0.1, -0.05) is 20.8 Å². The summed E-state index contributed by atoms with van der Waals surface area (Å²) in [6.45, 7) is 8.61. The van der Waals surface area contributed by atoms with Gasteiger partial charge in [-0.05, 0) is 63.2 Å². The van der Waals surface area contributed by atoms with Crippen LogP contribution in [0, 0.1) is 34.5 Å². The Hall–Kier alpha value is -2.84. The molecule has 0 radical (unpaired) electrons. The first-order valence-electron chi connectivity index (χ1n) is 12.6. The molecule has 0 bridgehead atoms. The number of likely N-dealkylation sites (tertiary alicyclic amines) is 1. The van der Waals surface area contributed by atoms with Crippen LogP contribution in [0.4, 0.5) is 13.2 Å². The van der Waals surface area contributed by atoms with Crippen molar-refractivity contribution in [1.82, 2.24) is 20.9 Å². The third-order valence-corrected chi connectivity index (χ3v) is 7.58. The number of fused-ring (bicyclic) bond motifs is 1. The van der Waals surface area contributed by atoms with Gasteiger partial charge in [0, 0.05) is 18.0 Å². The van der Waals surface area contributed by atoms with Crippen molar-refractivity contribution >= 4 is 23.6 Å². The molecule has 0 aromatic heterocycles. The largest absolute Gasteiger partial charge is 0.471 e. The predicted octanol–water partition coefficient (Wildman–Crippen LogP) is 2.02. The zero-order chi connectivity index (χ0) is 27.9. The monoisotopic (exact) mass is 527 g/mol. The quantitative estimate of drug-likeness (QED) is 0.486. The van der Waals surface area contributed by atoms with E-state index in [1.807, 2.05) is 25.2 Å². The Bertz CT molecular complexity index is 984. The summed E-state index contributed by atoms with van der Waals surface area (Å²) in [5, 5.41) is 17.0. The molecule has 9 nitrogen and oxygen atoms in total. The number of hydrogen-bond donors (Lipinski definition) is 3. The van der Waals surface area contributed by atoms with Gasteiger partial charge in [0.15, 0.2) is 0 Å². The smallest absolute Gasteiger partial charge is 0.351 e. The van der Waals surface area contributed by atoms with E-state index in [-0.39, 0.29) is 36.2 Å². The highest BCUT2D eigenvalue weighted by Gasteiger charge is 2.52. The average Bonchev–Trinajstić information content (AvgIpc) is 3.53. The zero-order valence-electron chi connectivity index (χ0n) is 21.9. The van der Waals surface area contributed by atoms with E-state index in [2.05, 4.69) is 10.6 Å². The van der Waals surface area contributed by atoms with E-state index >= 15 is 0 Å². The summed E-state index contributed by atoms with van der Waals surface area (Å²) in [5.41, 5.74) is -1.40. The van der Waals surface area contributed by atoms with E-state index in [1.54, 1.807) is 0 Å². The van der Waals surface area contributed by atoms with Crippen molar-refractivity contribution in [1.29, 1.82) is 5.26 Å². The van der Waals surface area contributed by atoms with Gasteiger partial charge in [0.1, 0.15) is 18.1 Å². The normalized spacial score (nSPS) is 28.6. The highest BCUT2D eigenvalue weighted by molar-refractivity contribution is 5.94. The Morgan fingerprint density at radius 2 is 1.81 bits per heavy atom. The predicted molar refractivity (Wildman–Crippen MR) is 126 cm³/mol. The third kappa shape index (κ3) is 6.93. The molecule has 206 valence electrons. The van der Waals surface area contributed by atoms with Crippen LogP contribution in [0.3, 0.4) is 0 Å². The fourth-order valence-electron chi connectivity index (χ4n) is 5.22. The van der Waals surface area contributed by atoms with Crippen molar-refractivity contribution in [2.24, 2.45) is 23.2 Å². The number of alkyl halides is 3. The van der Waals surface area contributed by atoms with Crippen molar-refractivity contribution in [2.45, 2.75) is 96.6 Å². The Balaban J connectivity index is 1.74. The van der Waals surface area contributed by atoms with Crippen molar-refractivity contribution < 1.29 is 32.3 Å². The van der Waals surface area contributed by atoms with Crippen LogP contribution in [0.1, 0.15) is 66.7 Å². The lowest BCUT2D eigenvalue weighted by Gasteiger charge is -2.40. The van der Waals surface area contributed by atoms with Crippen molar-refractivity contribution in [3.05, 3.63) is 0 Å². The van der Waals surface area contributed by atoms with Crippen LogP contribution in [0.2, 0.25) is 0 Å². The molecule has 37 heavy (non-hydrogen) atoms. The minimum atomic E-state index is -5.16. The van der Waals surface area contributed by atoms with E-state index in [9.17, 15) is 37.6 Å². The van der Waals surface area contributed by atoms with Gasteiger partial charge in [-0.25, -0.2) is 0 Å². The first-order valence-corrected chi connectivity index (χ1v) is 12.6. The van der Waals surface area contributed by atoms with E-state index in [4.69, 9.17) is 0 Å². The summed E-state index contributed by atoms with van der Waals surface area (Å²) >= 11 is 0. The van der Waals surface area contributed by atoms with E-state index in [0.29, 0.717) is 12.8 Å². The number of hydrogen-bond acceptors (Lipinski definition) is 5. The first-order chi connectivity index (χ1) is 16.9. The Kier molecular flexibility index (Phi) is 7.87. The Morgan fingerprint density at radius 3 is 2.35 bits per heavy atom. The minimum absolute atomic E-state index is 0.114. The van der Waals surface area contributed by atoms with Crippen LogP contribution in [-0.4, -0.2) is 64.9 Å². The molecule has 0 aromatic carbocycles. The number of nitrogens with one attached hydrogen (secondary N) is 3. The van der Waals surface area contributed by atoms with Gasteiger partial charge in [-0.3, -0.25) is 19.2 Å². The van der Waals surface area contributed by atoms with Crippen LogP contribution in [0.25, 0.3) is 0 Å². The maximum absolute atomic E-state index is 13.5. The topological polar surface area (TPSA) is 131 Å². The van der Waals surface area contributed by atoms with Gasteiger partial charge >= 0.3 is 12.1 Å². The Morgan fingerprint density at radius 1 is 1.16 bits per heavy atom. The summed E-state index contributed by atoms with van der Waals surface area (Å²) in [6, 6.07) is -1.45. The SMILES string of the molecule is CC1(C)CC[C@@H](C[C@@H](C#N)NC(=O)[C@@H]2C[C@H]3C[C@H]3CN2C(=O)[C@@H](NC(=O)C(F)(F)F)C(C)(C)C)C(=O)N1. The molecule has 2 aliphatic heterocycles. The molecule has 3 aliphatic rings. The van der Waals surface area contributed by atoms with E-state index in [1.165, 1.54) is 25.7 Å². The fraction of sp³-hybridized carbons (Fsp3) is 0.800. The van der Waals surface area contributed by atoms with Gasteiger partial charge < -0.3 is 20.9 Å². The molecule has 0 aromatic rings. The number of piperidine rings is 2. The molecule has 3 fully saturated rings. The number of rotatable bonds is 6. The number of halogens is 3. The molecule has 0 unspecified atom stereocenters. The molecule has 4 amide bonds. The van der Waals surface area contributed by atoms with Crippen LogP contribution in [-0.2, 0) is 19.2 Å². The molecule has 1 aliphatic carbocycles. The fourth-order valence-corrected chi connectivity index (χ4v) is 5.22. The molecule has 6 atom stereocenters. The molecular weight excluding hydrogens is 491 g/mol. The number of nitriles is 1. The molecule has 3 rings (SSSR count). The van der Waals surface area contributed by atoms with Crippen LogP contribution in [0.15, 0.2) is 0 Å². The summed E-state index contributed by atoms with van der Waals surface area (Å²) in [5.74, 6) is -3.85. The van der Waals surface area contributed by atoms with Crippen molar-refractivity contribution in [3.8, 4) is 6.07 Å². The lowest BCUT2D eigenvalue weighted by Crippen LogP contribution is -2.62. The highest BCUT2D eigenvalue weighted by Crippen LogP contribution is 2.47. The average molecular weight is 528 g/mol. The summed E-state index contributed by atoms with van der Waals surface area (Å²) in [4.78, 5) is 52.2. The number of carbonyl (C=O) groups excluding carboxylic acids is 4. The molecular formula is C25H36F3N5O4. The van der Waals surface area contributed by atoms with Crippen molar-refractivity contribution in [2.75, 3.05) is 6.54 Å². The van der Waals surface area contributed by atoms with Gasteiger partial charge in [0.2, 0.25) is 17.7 Å². The molecule has 0 spiro atoms. The second kappa shape index (κ2) is 10.1. The third-order valence-electron chi connectivity index (χ3n) is 7.58. The summed E-state index contributed by atoms with van der Waals surface area (Å²) in [6.07, 6.45) is -2.64. The van der Waals surface area contributed by atoms with Crippen LogP contribution >= 0.6 is 0 Å². The second-order valence-electron chi connectivity index (χ2n) is 12.3. The lowest BCUT2D eigenvalue weighted by molar-refractivity contribution is -0.176. The maximum Gasteiger partial charge on any atom is 0.471 e. The minimum Gasteiger partial charge on any atom is -0.351 e. The van der Waals surface area contributed by atoms with Crippen LogP contribution < -0.4 is 16.0 Å². The molecule has 12 heteroatoms. The van der Waals surface area contributed by atoms with Gasteiger partial charge in [0.05, 0.1) is 6.07 Å². The van der Waals surface area contributed by atoms with Crippen molar-refractivity contribution in [3.63, 3.8) is 0 Å². The van der Waals surface area contributed by atoms with Crippen LogP contribution in [0.5, 0.6) is 0 Å². The lowest BCUT2D eigenvalue weighted by atomic mass is 9.83. The molecule has 1 saturated carbocycles. The standard InChI is InChI=1S/C25H36F3N5O4/c1-23(2,3)18(31-22(37)25(26,27)28)21(36)33-12-15-8-14(15)10-17(33)20(35)30-16(11-29)9-13-6-7-24(4,5)32-19(13)34/h13-18H,6-10,12H2,1-5H3,(H,30,35)(H,31,37)(H,32,34)/t13-,14+,15-,16-,17-,18+/m0/s1. The number of amides is 4. The van der Waals surface area contributed by atoms with Gasteiger partial charge in [0.25, 0.3) is 0 Å². The first kappa shape index (κ1) is 28.7. The highest BCUT2D eigenvalue weighted by atomic mass is 19.4. The van der Waals surface area contributed by atoms with E-state index in [0.717, 1.165) is 12.8 Å². The number of carbonyl (C=O) groups is 4. The maximum atomic E-state index is 13.5. The molecule has 2 saturated heterocycles. The summed E-state index contributed by atoms with van der Waals surface area (Å²) < 4.78 is 38.9. The molecule has 3 N–H and O–H groups in total. The molecule has 2 heterocycles. The van der Waals surface area contributed by atoms with Gasteiger partial charge in [-0.15, -0.1) is 0 Å². The van der Waals surface area contributed by atoms with Gasteiger partial charge in [-0.2, -0.15) is 18.4 Å². The Labute approximate surface area is 214 Å².